The van der Waals surface area contributed by atoms with Crippen molar-refractivity contribution in [3.05, 3.63) is 76.3 Å². The topological polar surface area (TPSA) is 99.8 Å². The molecule has 1 unspecified atom stereocenters. The lowest BCUT2D eigenvalue weighted by Gasteiger charge is -2.29. The molecule has 1 atom stereocenters. The summed E-state index contributed by atoms with van der Waals surface area (Å²) in [7, 11) is 0. The van der Waals surface area contributed by atoms with Gasteiger partial charge in [-0.15, -0.1) is 0 Å². The number of pyridine rings is 1. The smallest absolute Gasteiger partial charge is 0.277 e. The summed E-state index contributed by atoms with van der Waals surface area (Å²) in [6.07, 6.45) is 4.03. The molecule has 1 aliphatic heterocycles. The number of aromatic nitrogens is 3. The molecule has 0 fully saturated rings. The van der Waals surface area contributed by atoms with E-state index in [2.05, 4.69) is 37.9 Å². The Morgan fingerprint density at radius 2 is 1.97 bits per heavy atom. The van der Waals surface area contributed by atoms with Gasteiger partial charge < -0.3 is 10.6 Å². The highest BCUT2D eigenvalue weighted by molar-refractivity contribution is 5.95. The number of carbonyl (C=O) groups is 1. The maximum absolute atomic E-state index is 12.9. The van der Waals surface area contributed by atoms with E-state index in [1.54, 1.807) is 24.5 Å². The van der Waals surface area contributed by atoms with Crippen molar-refractivity contribution in [2.45, 2.75) is 31.7 Å². The highest BCUT2D eigenvalue weighted by Crippen LogP contribution is 2.36. The molecule has 3 heterocycles. The lowest BCUT2D eigenvalue weighted by molar-refractivity contribution is 0.0905. The number of anilines is 1. The Morgan fingerprint density at radius 3 is 2.76 bits per heavy atom. The van der Waals surface area contributed by atoms with Crippen molar-refractivity contribution in [3.8, 4) is 11.3 Å². The number of carbonyl (C=O) groups excluding carboxylic acids is 1. The molecule has 2 aromatic heterocycles. The van der Waals surface area contributed by atoms with E-state index in [1.165, 1.54) is 11.6 Å². The minimum absolute atomic E-state index is 0.0461. The van der Waals surface area contributed by atoms with E-state index in [-0.39, 0.29) is 5.56 Å². The predicted molar refractivity (Wildman–Crippen MR) is 112 cm³/mol. The summed E-state index contributed by atoms with van der Waals surface area (Å²) in [4.78, 5) is 29.1. The molecule has 7 heteroatoms. The Hall–Kier alpha value is -3.48. The van der Waals surface area contributed by atoms with Crippen molar-refractivity contribution in [2.75, 3.05) is 11.9 Å². The maximum Gasteiger partial charge on any atom is 0.277 e. The highest BCUT2D eigenvalue weighted by atomic mass is 16.2. The number of aromatic amines is 1. The summed E-state index contributed by atoms with van der Waals surface area (Å²) in [5, 5.41) is 12.9. The van der Waals surface area contributed by atoms with Gasteiger partial charge in [0.2, 0.25) is 0 Å². The van der Waals surface area contributed by atoms with Gasteiger partial charge in [-0.25, -0.2) is 5.10 Å². The van der Waals surface area contributed by atoms with Crippen molar-refractivity contribution in [1.82, 2.24) is 20.5 Å². The number of fused-ring (bicyclic) bond motifs is 1. The monoisotopic (exact) mass is 389 g/mol. The molecule has 148 valence electrons. The summed E-state index contributed by atoms with van der Waals surface area (Å²) in [6.45, 7) is 4.79. The molecule has 7 nitrogen and oxygen atoms in total. The average molecular weight is 389 g/mol. The average Bonchev–Trinajstić information content (AvgIpc) is 3.11. The Kier molecular flexibility index (Phi) is 4.88. The van der Waals surface area contributed by atoms with Crippen LogP contribution in [0.15, 0.2) is 59.7 Å². The first kappa shape index (κ1) is 18.9. The summed E-state index contributed by atoms with van der Waals surface area (Å²) in [5.41, 5.74) is 2.74. The zero-order valence-electron chi connectivity index (χ0n) is 16.4. The number of hydrogen-bond acceptors (Lipinski definition) is 5. The van der Waals surface area contributed by atoms with Gasteiger partial charge in [-0.1, -0.05) is 18.2 Å². The molecule has 0 radical (unpaired) electrons. The van der Waals surface area contributed by atoms with Gasteiger partial charge in [0.25, 0.3) is 11.5 Å². The fourth-order valence-corrected chi connectivity index (χ4v) is 3.83. The van der Waals surface area contributed by atoms with Crippen LogP contribution in [0.2, 0.25) is 0 Å². The molecular formula is C22H23N5O2. The van der Waals surface area contributed by atoms with Gasteiger partial charge in [0.15, 0.2) is 0 Å². The molecule has 0 saturated carbocycles. The minimum atomic E-state index is -0.510. The Labute approximate surface area is 168 Å². The third-order valence-corrected chi connectivity index (χ3v) is 5.17. The van der Waals surface area contributed by atoms with E-state index in [4.69, 9.17) is 0 Å². The first-order valence-electron chi connectivity index (χ1n) is 9.58. The van der Waals surface area contributed by atoms with E-state index < -0.39 is 17.0 Å². The van der Waals surface area contributed by atoms with Crippen LogP contribution >= 0.6 is 0 Å². The largest absolute Gasteiger partial charge is 0.384 e. The predicted octanol–water partition coefficient (Wildman–Crippen LogP) is 2.94. The van der Waals surface area contributed by atoms with Crippen molar-refractivity contribution < 1.29 is 4.79 Å². The molecule has 0 bridgehead atoms. The lowest BCUT2D eigenvalue weighted by atomic mass is 9.87. The summed E-state index contributed by atoms with van der Waals surface area (Å²) < 4.78 is 0. The number of benzene rings is 1. The molecule has 0 spiro atoms. The van der Waals surface area contributed by atoms with Crippen LogP contribution in [0.1, 0.15) is 42.1 Å². The standard InChI is InChI=1S/C22H23N5O2/c1-22(2,12-15-13-24-18-6-4-3-5-16(15)18)25-20(28)17-11-19(26-27-21(17)29)14-7-9-23-10-8-14/h3-11,15,24H,12-13H2,1-2H3,(H,25,28)(H,27,29). The quantitative estimate of drug-likeness (QED) is 0.623. The summed E-state index contributed by atoms with van der Waals surface area (Å²) >= 11 is 0. The van der Waals surface area contributed by atoms with Gasteiger partial charge in [-0.2, -0.15) is 5.10 Å². The summed E-state index contributed by atoms with van der Waals surface area (Å²) in [6, 6.07) is 13.3. The number of nitrogens with one attached hydrogen (secondary N) is 3. The van der Waals surface area contributed by atoms with E-state index in [9.17, 15) is 9.59 Å². The van der Waals surface area contributed by atoms with Crippen LogP contribution in [0.25, 0.3) is 11.3 Å². The van der Waals surface area contributed by atoms with Crippen molar-refractivity contribution in [3.63, 3.8) is 0 Å². The van der Waals surface area contributed by atoms with Crippen LogP contribution in [0.4, 0.5) is 5.69 Å². The first-order chi connectivity index (χ1) is 13.9. The van der Waals surface area contributed by atoms with E-state index in [0.717, 1.165) is 24.2 Å². The second kappa shape index (κ2) is 7.50. The first-order valence-corrected chi connectivity index (χ1v) is 9.58. The molecule has 0 saturated heterocycles. The van der Waals surface area contributed by atoms with Crippen LogP contribution in [0.5, 0.6) is 0 Å². The number of amides is 1. The molecule has 0 aliphatic carbocycles. The number of para-hydroxylation sites is 1. The van der Waals surface area contributed by atoms with Crippen molar-refractivity contribution >= 4 is 11.6 Å². The van der Waals surface area contributed by atoms with E-state index in [0.29, 0.717) is 11.6 Å². The SMILES string of the molecule is CC(C)(CC1CNc2ccccc21)NC(=O)c1cc(-c2ccncc2)n[nH]c1=O. The normalized spacial score (nSPS) is 15.4. The zero-order valence-corrected chi connectivity index (χ0v) is 16.4. The van der Waals surface area contributed by atoms with Gasteiger partial charge in [-0.3, -0.25) is 14.6 Å². The van der Waals surface area contributed by atoms with Gasteiger partial charge >= 0.3 is 0 Å². The Balaban J connectivity index is 1.52. The lowest BCUT2D eigenvalue weighted by Crippen LogP contribution is -2.46. The number of H-pyrrole nitrogens is 1. The second-order valence-electron chi connectivity index (χ2n) is 7.94. The van der Waals surface area contributed by atoms with Crippen molar-refractivity contribution in [1.29, 1.82) is 0 Å². The van der Waals surface area contributed by atoms with Gasteiger partial charge in [0.1, 0.15) is 5.56 Å². The number of hydrogen-bond donors (Lipinski definition) is 3. The van der Waals surface area contributed by atoms with Gasteiger partial charge in [0, 0.05) is 41.6 Å². The Bertz CT molecular complexity index is 1090. The Morgan fingerprint density at radius 1 is 1.21 bits per heavy atom. The van der Waals surface area contributed by atoms with E-state index in [1.807, 2.05) is 26.0 Å². The second-order valence-corrected chi connectivity index (χ2v) is 7.94. The van der Waals surface area contributed by atoms with Gasteiger partial charge in [-0.05, 0) is 50.1 Å². The molecule has 4 rings (SSSR count). The van der Waals surface area contributed by atoms with Crippen LogP contribution in [0, 0.1) is 0 Å². The van der Waals surface area contributed by atoms with Crippen molar-refractivity contribution in [2.24, 2.45) is 0 Å². The maximum atomic E-state index is 12.9. The molecule has 1 amide bonds. The summed E-state index contributed by atoms with van der Waals surface area (Å²) in [5.74, 6) is -0.113. The molecule has 1 aromatic carbocycles. The molecular weight excluding hydrogens is 366 g/mol. The number of nitrogens with zero attached hydrogens (tertiary/aromatic N) is 2. The van der Waals surface area contributed by atoms with Crippen LogP contribution < -0.4 is 16.2 Å². The molecule has 3 N–H and O–H groups in total. The third-order valence-electron chi connectivity index (χ3n) is 5.17. The minimum Gasteiger partial charge on any atom is -0.384 e. The molecule has 1 aliphatic rings. The molecule has 29 heavy (non-hydrogen) atoms. The van der Waals surface area contributed by atoms with Crippen LogP contribution in [0.3, 0.4) is 0 Å². The van der Waals surface area contributed by atoms with E-state index >= 15 is 0 Å². The third kappa shape index (κ3) is 4.03. The number of rotatable bonds is 5. The highest BCUT2D eigenvalue weighted by Gasteiger charge is 2.31. The molecule has 3 aromatic rings. The fraction of sp³-hybridized carbons (Fsp3) is 0.273. The van der Waals surface area contributed by atoms with Gasteiger partial charge in [0.05, 0.1) is 5.69 Å². The van der Waals surface area contributed by atoms with Crippen LogP contribution in [-0.4, -0.2) is 33.2 Å². The zero-order chi connectivity index (χ0) is 20.4. The van der Waals surface area contributed by atoms with Crippen LogP contribution in [-0.2, 0) is 0 Å². The fourth-order valence-electron chi connectivity index (χ4n) is 3.83.